The molecule has 0 bridgehead atoms. The first-order chi connectivity index (χ1) is 13.4. The van der Waals surface area contributed by atoms with Crippen molar-refractivity contribution in [2.24, 2.45) is 0 Å². The molecule has 28 heavy (non-hydrogen) atoms. The fraction of sp³-hybridized carbons (Fsp3) is 0.263. The molecule has 0 radical (unpaired) electrons. The number of benzene rings is 2. The van der Waals surface area contributed by atoms with E-state index in [1.807, 2.05) is 49.0 Å². The fourth-order valence-electron chi connectivity index (χ4n) is 2.62. The Balaban J connectivity index is 1.93. The second kappa shape index (κ2) is 8.72. The summed E-state index contributed by atoms with van der Waals surface area (Å²) < 4.78 is 2.00. The molecular formula is C19H20ClN5O2S. The van der Waals surface area contributed by atoms with Crippen LogP contribution in [0.1, 0.15) is 24.4 Å². The molecule has 0 amide bonds. The molecule has 9 heteroatoms. The van der Waals surface area contributed by atoms with Crippen molar-refractivity contribution >= 4 is 29.1 Å². The van der Waals surface area contributed by atoms with Crippen LogP contribution in [0.25, 0.3) is 5.69 Å². The molecule has 0 saturated heterocycles. The summed E-state index contributed by atoms with van der Waals surface area (Å²) in [5, 5.41) is 21.1. The number of non-ortho nitro benzene ring substituents is 1. The zero-order chi connectivity index (χ0) is 20.3. The highest BCUT2D eigenvalue weighted by atomic mass is 35.5. The highest BCUT2D eigenvalue weighted by molar-refractivity contribution is 7.98. The predicted molar refractivity (Wildman–Crippen MR) is 111 cm³/mol. The van der Waals surface area contributed by atoms with Crippen LogP contribution in [0.5, 0.6) is 0 Å². The van der Waals surface area contributed by atoms with Crippen LogP contribution in [0.4, 0.5) is 5.69 Å². The summed E-state index contributed by atoms with van der Waals surface area (Å²) in [5.74, 6) is 1.36. The van der Waals surface area contributed by atoms with E-state index in [0.29, 0.717) is 10.8 Å². The molecule has 0 spiro atoms. The Morgan fingerprint density at radius 2 is 1.93 bits per heavy atom. The van der Waals surface area contributed by atoms with Crippen molar-refractivity contribution in [1.82, 2.24) is 19.7 Å². The van der Waals surface area contributed by atoms with E-state index in [1.165, 1.54) is 17.8 Å². The van der Waals surface area contributed by atoms with Crippen LogP contribution in [0.2, 0.25) is 5.02 Å². The van der Waals surface area contributed by atoms with Crippen molar-refractivity contribution in [1.29, 1.82) is 0 Å². The summed E-state index contributed by atoms with van der Waals surface area (Å²) in [5.41, 5.74) is 1.85. The third-order valence-electron chi connectivity index (χ3n) is 4.38. The maximum absolute atomic E-state index is 11.0. The molecule has 3 aromatic rings. The SMILES string of the molecule is CC(c1nnc(SCc2cccc([N+](=O)[O-])c2)n1-c1ccc(Cl)cc1)N(C)C. The van der Waals surface area contributed by atoms with Crippen molar-refractivity contribution in [3.63, 3.8) is 0 Å². The van der Waals surface area contributed by atoms with Crippen LogP contribution in [0, 0.1) is 10.1 Å². The molecule has 3 rings (SSSR count). The van der Waals surface area contributed by atoms with E-state index < -0.39 is 0 Å². The standard InChI is InChI=1S/C19H20ClN5O2S/c1-13(23(2)3)18-21-22-19(24(18)16-9-7-15(20)8-10-16)28-12-14-5-4-6-17(11-14)25(26)27/h4-11,13H,12H2,1-3H3. The van der Waals surface area contributed by atoms with Gasteiger partial charge in [-0.15, -0.1) is 10.2 Å². The molecule has 0 aliphatic heterocycles. The van der Waals surface area contributed by atoms with Crippen molar-refractivity contribution in [2.75, 3.05) is 14.1 Å². The maximum atomic E-state index is 11.0. The number of aromatic nitrogens is 3. The smallest absolute Gasteiger partial charge is 0.269 e. The average Bonchev–Trinajstić information content (AvgIpc) is 3.10. The quantitative estimate of drug-likeness (QED) is 0.314. The van der Waals surface area contributed by atoms with Crippen LogP contribution in [-0.4, -0.2) is 38.7 Å². The molecule has 2 aromatic carbocycles. The van der Waals surface area contributed by atoms with Gasteiger partial charge in [0.15, 0.2) is 11.0 Å². The van der Waals surface area contributed by atoms with Crippen molar-refractivity contribution in [2.45, 2.75) is 23.9 Å². The molecule has 1 aromatic heterocycles. The predicted octanol–water partition coefficient (Wildman–Crippen LogP) is 4.74. The van der Waals surface area contributed by atoms with E-state index in [9.17, 15) is 10.1 Å². The van der Waals surface area contributed by atoms with Gasteiger partial charge in [0.1, 0.15) is 0 Å². The molecule has 1 atom stereocenters. The largest absolute Gasteiger partial charge is 0.300 e. The number of hydrogen-bond acceptors (Lipinski definition) is 6. The first-order valence-electron chi connectivity index (χ1n) is 8.60. The van der Waals surface area contributed by atoms with E-state index >= 15 is 0 Å². The Labute approximate surface area is 172 Å². The van der Waals surface area contributed by atoms with Gasteiger partial charge in [-0.1, -0.05) is 35.5 Å². The first kappa shape index (κ1) is 20.3. The third-order valence-corrected chi connectivity index (χ3v) is 5.63. The maximum Gasteiger partial charge on any atom is 0.269 e. The molecule has 146 valence electrons. The van der Waals surface area contributed by atoms with E-state index in [-0.39, 0.29) is 16.7 Å². The second-order valence-corrected chi connectivity index (χ2v) is 7.89. The van der Waals surface area contributed by atoms with Gasteiger partial charge in [0.25, 0.3) is 5.69 Å². The number of rotatable bonds is 7. The van der Waals surface area contributed by atoms with Gasteiger partial charge in [-0.2, -0.15) is 0 Å². The average molecular weight is 418 g/mol. The third kappa shape index (κ3) is 4.52. The van der Waals surface area contributed by atoms with Crippen molar-refractivity contribution in [3.8, 4) is 5.69 Å². The molecule has 1 unspecified atom stereocenters. The Morgan fingerprint density at radius 1 is 1.21 bits per heavy atom. The number of nitrogens with zero attached hydrogens (tertiary/aromatic N) is 5. The lowest BCUT2D eigenvalue weighted by Crippen LogP contribution is -2.20. The Morgan fingerprint density at radius 3 is 2.57 bits per heavy atom. The minimum atomic E-state index is -0.388. The fourth-order valence-corrected chi connectivity index (χ4v) is 3.64. The van der Waals surface area contributed by atoms with Crippen molar-refractivity contribution in [3.05, 3.63) is 75.1 Å². The zero-order valence-electron chi connectivity index (χ0n) is 15.7. The van der Waals surface area contributed by atoms with Crippen LogP contribution in [-0.2, 0) is 5.75 Å². The van der Waals surface area contributed by atoms with E-state index in [0.717, 1.165) is 22.2 Å². The Kier molecular flexibility index (Phi) is 6.33. The summed E-state index contributed by atoms with van der Waals surface area (Å²) >= 11 is 7.52. The molecule has 0 aliphatic carbocycles. The molecular weight excluding hydrogens is 398 g/mol. The lowest BCUT2D eigenvalue weighted by Gasteiger charge is -2.20. The number of hydrogen-bond donors (Lipinski definition) is 0. The molecule has 0 fully saturated rings. The molecule has 0 saturated carbocycles. The normalized spacial score (nSPS) is 12.3. The van der Waals surface area contributed by atoms with Crippen molar-refractivity contribution < 1.29 is 4.92 Å². The minimum Gasteiger partial charge on any atom is -0.300 e. The summed E-state index contributed by atoms with van der Waals surface area (Å²) in [7, 11) is 3.98. The number of halogens is 1. The zero-order valence-corrected chi connectivity index (χ0v) is 17.3. The van der Waals surface area contributed by atoms with Gasteiger partial charge < -0.3 is 0 Å². The first-order valence-corrected chi connectivity index (χ1v) is 9.97. The lowest BCUT2D eigenvalue weighted by molar-refractivity contribution is -0.384. The summed E-state index contributed by atoms with van der Waals surface area (Å²) in [6.07, 6.45) is 0. The van der Waals surface area contributed by atoms with Gasteiger partial charge in [-0.05, 0) is 50.8 Å². The molecule has 0 N–H and O–H groups in total. The molecule has 7 nitrogen and oxygen atoms in total. The Bertz CT molecular complexity index is 975. The highest BCUT2D eigenvalue weighted by Gasteiger charge is 2.21. The second-order valence-electron chi connectivity index (χ2n) is 6.51. The molecule has 1 heterocycles. The monoisotopic (exact) mass is 417 g/mol. The van der Waals surface area contributed by atoms with Crippen LogP contribution < -0.4 is 0 Å². The van der Waals surface area contributed by atoms with Gasteiger partial charge in [0.05, 0.1) is 11.0 Å². The van der Waals surface area contributed by atoms with Gasteiger partial charge in [-0.3, -0.25) is 19.6 Å². The minimum absolute atomic E-state index is 0.0512. The van der Waals surface area contributed by atoms with E-state index in [4.69, 9.17) is 11.6 Å². The lowest BCUT2D eigenvalue weighted by atomic mass is 10.2. The van der Waals surface area contributed by atoms with Gasteiger partial charge >= 0.3 is 0 Å². The number of thioether (sulfide) groups is 1. The van der Waals surface area contributed by atoms with Gasteiger partial charge in [0, 0.05) is 28.6 Å². The summed E-state index contributed by atoms with van der Waals surface area (Å²) in [6.45, 7) is 2.06. The summed E-state index contributed by atoms with van der Waals surface area (Å²) in [6, 6.07) is 14.2. The summed E-state index contributed by atoms with van der Waals surface area (Å²) in [4.78, 5) is 12.7. The van der Waals surface area contributed by atoms with Crippen LogP contribution in [0.15, 0.2) is 53.7 Å². The van der Waals surface area contributed by atoms with E-state index in [1.54, 1.807) is 12.1 Å². The van der Waals surface area contributed by atoms with Gasteiger partial charge in [0.2, 0.25) is 0 Å². The topological polar surface area (TPSA) is 77.1 Å². The number of nitro benzene ring substituents is 1. The van der Waals surface area contributed by atoms with Crippen LogP contribution >= 0.6 is 23.4 Å². The number of nitro groups is 1. The Hall–Kier alpha value is -2.42. The molecule has 0 aliphatic rings. The van der Waals surface area contributed by atoms with Crippen LogP contribution in [0.3, 0.4) is 0 Å². The van der Waals surface area contributed by atoms with Gasteiger partial charge in [-0.25, -0.2) is 0 Å². The highest BCUT2D eigenvalue weighted by Crippen LogP contribution is 2.30. The van der Waals surface area contributed by atoms with E-state index in [2.05, 4.69) is 22.0 Å².